The Morgan fingerprint density at radius 1 is 1.35 bits per heavy atom. The van der Waals surface area contributed by atoms with Gasteiger partial charge in [-0.3, -0.25) is 0 Å². The lowest BCUT2D eigenvalue weighted by Gasteiger charge is -2.00. The highest BCUT2D eigenvalue weighted by atomic mass is 32.2. The fraction of sp³-hybridized carbons (Fsp3) is 0.364. The van der Waals surface area contributed by atoms with Crippen LogP contribution in [0.4, 0.5) is 5.82 Å². The topological polar surface area (TPSA) is 64.7 Å². The Balaban J connectivity index is 1.95. The molecule has 0 bridgehead atoms. The minimum Gasteiger partial charge on any atom is -0.381 e. The van der Waals surface area contributed by atoms with Crippen molar-refractivity contribution in [2.24, 2.45) is 0 Å². The number of nitrogens with two attached hydrogens (primary N) is 1. The molecule has 90 valence electrons. The van der Waals surface area contributed by atoms with Crippen molar-refractivity contribution in [2.75, 3.05) is 5.73 Å². The van der Waals surface area contributed by atoms with Crippen molar-refractivity contribution in [1.29, 1.82) is 0 Å². The van der Waals surface area contributed by atoms with Gasteiger partial charge in [0, 0.05) is 23.5 Å². The van der Waals surface area contributed by atoms with Gasteiger partial charge in [-0.2, -0.15) is 0 Å². The molecular formula is C11H14N4S2. The lowest BCUT2D eigenvalue weighted by atomic mass is 10.3. The standard InChI is InChI=1S/C11H14N4S2/c1-2-3-9-15-8(6-16-9)7-17-11-10(12)13-4-5-14-11/h4-6H,2-3,7H2,1H3,(H2,12,13). The van der Waals surface area contributed by atoms with Crippen LogP contribution in [0.1, 0.15) is 24.0 Å². The van der Waals surface area contributed by atoms with Crippen molar-refractivity contribution in [3.8, 4) is 0 Å². The number of nitrogen functional groups attached to an aromatic ring is 1. The molecule has 0 unspecified atom stereocenters. The highest BCUT2D eigenvalue weighted by molar-refractivity contribution is 7.98. The van der Waals surface area contributed by atoms with Gasteiger partial charge in [0.25, 0.3) is 0 Å². The first-order chi connectivity index (χ1) is 8.29. The van der Waals surface area contributed by atoms with E-state index in [2.05, 4.69) is 27.3 Å². The average molecular weight is 266 g/mol. The van der Waals surface area contributed by atoms with Gasteiger partial charge in [0.1, 0.15) is 5.03 Å². The van der Waals surface area contributed by atoms with Crippen LogP contribution in [0.5, 0.6) is 0 Å². The number of hydrogen-bond donors (Lipinski definition) is 1. The van der Waals surface area contributed by atoms with E-state index in [1.54, 1.807) is 35.5 Å². The number of thioether (sulfide) groups is 1. The Bertz CT molecular complexity index is 484. The summed E-state index contributed by atoms with van der Waals surface area (Å²) in [7, 11) is 0. The van der Waals surface area contributed by atoms with Gasteiger partial charge in [-0.1, -0.05) is 18.7 Å². The lowest BCUT2D eigenvalue weighted by molar-refractivity contribution is 0.902. The molecule has 2 heterocycles. The van der Waals surface area contributed by atoms with Crippen LogP contribution in [-0.2, 0) is 12.2 Å². The van der Waals surface area contributed by atoms with E-state index in [1.807, 2.05) is 0 Å². The van der Waals surface area contributed by atoms with Gasteiger partial charge in [-0.25, -0.2) is 15.0 Å². The van der Waals surface area contributed by atoms with E-state index in [0.29, 0.717) is 5.82 Å². The summed E-state index contributed by atoms with van der Waals surface area (Å²) in [5.74, 6) is 1.28. The molecule has 0 aliphatic carbocycles. The van der Waals surface area contributed by atoms with Crippen molar-refractivity contribution < 1.29 is 0 Å². The first-order valence-corrected chi connectivity index (χ1v) is 7.28. The summed E-state index contributed by atoms with van der Waals surface area (Å²) in [5, 5.41) is 4.08. The highest BCUT2D eigenvalue weighted by Gasteiger charge is 2.05. The van der Waals surface area contributed by atoms with Crippen molar-refractivity contribution in [2.45, 2.75) is 30.5 Å². The molecule has 0 saturated heterocycles. The van der Waals surface area contributed by atoms with E-state index in [0.717, 1.165) is 29.3 Å². The van der Waals surface area contributed by atoms with Crippen LogP contribution < -0.4 is 5.73 Å². The molecule has 0 aliphatic rings. The van der Waals surface area contributed by atoms with Gasteiger partial charge in [-0.05, 0) is 12.8 Å². The zero-order chi connectivity index (χ0) is 12.1. The minimum atomic E-state index is 0.488. The van der Waals surface area contributed by atoms with Crippen LogP contribution >= 0.6 is 23.1 Å². The van der Waals surface area contributed by atoms with Crippen LogP contribution in [0.3, 0.4) is 0 Å². The number of thiazole rings is 1. The molecule has 0 radical (unpaired) electrons. The SMILES string of the molecule is CCCc1nc(CSc2nccnc2N)cs1. The van der Waals surface area contributed by atoms with Crippen LogP contribution in [0.15, 0.2) is 22.8 Å². The highest BCUT2D eigenvalue weighted by Crippen LogP contribution is 2.25. The molecule has 0 fully saturated rings. The molecule has 2 N–H and O–H groups in total. The summed E-state index contributed by atoms with van der Waals surface area (Å²) in [6.07, 6.45) is 5.45. The maximum absolute atomic E-state index is 5.73. The summed E-state index contributed by atoms with van der Waals surface area (Å²) < 4.78 is 0. The van der Waals surface area contributed by atoms with Gasteiger partial charge in [0.2, 0.25) is 0 Å². The Labute approximate surface area is 109 Å². The van der Waals surface area contributed by atoms with Crippen LogP contribution in [0, 0.1) is 0 Å². The Morgan fingerprint density at radius 2 is 2.18 bits per heavy atom. The molecule has 4 nitrogen and oxygen atoms in total. The second-order valence-electron chi connectivity index (χ2n) is 3.52. The first-order valence-electron chi connectivity index (χ1n) is 5.42. The molecule has 0 amide bonds. The van der Waals surface area contributed by atoms with Crippen molar-refractivity contribution in [3.63, 3.8) is 0 Å². The first kappa shape index (κ1) is 12.3. The normalized spacial score (nSPS) is 10.6. The largest absolute Gasteiger partial charge is 0.381 e. The number of aromatic nitrogens is 3. The van der Waals surface area contributed by atoms with Crippen molar-refractivity contribution in [1.82, 2.24) is 15.0 Å². The number of rotatable bonds is 5. The second-order valence-corrected chi connectivity index (χ2v) is 5.42. The molecule has 6 heteroatoms. The monoisotopic (exact) mass is 266 g/mol. The zero-order valence-electron chi connectivity index (χ0n) is 9.59. The molecule has 0 aliphatic heterocycles. The molecule has 17 heavy (non-hydrogen) atoms. The summed E-state index contributed by atoms with van der Waals surface area (Å²) in [6, 6.07) is 0. The van der Waals surface area contributed by atoms with Gasteiger partial charge < -0.3 is 5.73 Å². The number of nitrogens with zero attached hydrogens (tertiary/aromatic N) is 3. The Kier molecular flexibility index (Phi) is 4.33. The Morgan fingerprint density at radius 3 is 2.94 bits per heavy atom. The molecular weight excluding hydrogens is 252 g/mol. The van der Waals surface area contributed by atoms with Gasteiger partial charge >= 0.3 is 0 Å². The minimum absolute atomic E-state index is 0.488. The fourth-order valence-corrected chi connectivity index (χ4v) is 3.11. The molecule has 2 aromatic heterocycles. The predicted molar refractivity (Wildman–Crippen MR) is 72.1 cm³/mol. The van der Waals surface area contributed by atoms with Gasteiger partial charge in [0.15, 0.2) is 5.82 Å². The van der Waals surface area contributed by atoms with E-state index < -0.39 is 0 Å². The summed E-state index contributed by atoms with van der Waals surface area (Å²) >= 11 is 3.30. The quantitative estimate of drug-likeness (QED) is 0.843. The zero-order valence-corrected chi connectivity index (χ0v) is 11.2. The third kappa shape index (κ3) is 3.41. The third-order valence-corrected chi connectivity index (χ3v) is 4.10. The fourth-order valence-electron chi connectivity index (χ4n) is 1.33. The lowest BCUT2D eigenvalue weighted by Crippen LogP contribution is -1.95. The maximum Gasteiger partial charge on any atom is 0.156 e. The van der Waals surface area contributed by atoms with Crippen molar-refractivity contribution in [3.05, 3.63) is 28.5 Å². The molecule has 0 atom stereocenters. The van der Waals surface area contributed by atoms with Crippen LogP contribution in [0.2, 0.25) is 0 Å². The summed E-state index contributed by atoms with van der Waals surface area (Å²) in [4.78, 5) is 12.7. The molecule has 0 aromatic carbocycles. The maximum atomic E-state index is 5.73. The summed E-state index contributed by atoms with van der Waals surface area (Å²) in [5.41, 5.74) is 6.82. The smallest absolute Gasteiger partial charge is 0.156 e. The second kappa shape index (κ2) is 5.97. The molecule has 2 aromatic rings. The predicted octanol–water partition coefficient (Wildman–Crippen LogP) is 2.76. The number of anilines is 1. The van der Waals surface area contributed by atoms with Crippen LogP contribution in [-0.4, -0.2) is 15.0 Å². The van der Waals surface area contributed by atoms with Gasteiger partial charge in [-0.15, -0.1) is 11.3 Å². The Hall–Kier alpha value is -1.14. The number of hydrogen-bond acceptors (Lipinski definition) is 6. The molecule has 2 rings (SSSR count). The van der Waals surface area contributed by atoms with E-state index in [9.17, 15) is 0 Å². The molecule has 0 saturated carbocycles. The van der Waals surface area contributed by atoms with E-state index in [-0.39, 0.29) is 0 Å². The number of aryl methyl sites for hydroxylation is 1. The van der Waals surface area contributed by atoms with E-state index in [4.69, 9.17) is 5.73 Å². The average Bonchev–Trinajstić information content (AvgIpc) is 2.76. The van der Waals surface area contributed by atoms with Gasteiger partial charge in [0.05, 0.1) is 10.7 Å². The van der Waals surface area contributed by atoms with Crippen LogP contribution in [0.25, 0.3) is 0 Å². The van der Waals surface area contributed by atoms with E-state index >= 15 is 0 Å². The molecule has 0 spiro atoms. The summed E-state index contributed by atoms with van der Waals surface area (Å²) in [6.45, 7) is 2.16. The van der Waals surface area contributed by atoms with Crippen molar-refractivity contribution >= 4 is 28.9 Å². The van der Waals surface area contributed by atoms with E-state index in [1.165, 1.54) is 5.01 Å². The third-order valence-electron chi connectivity index (χ3n) is 2.11.